The lowest BCUT2D eigenvalue weighted by molar-refractivity contribution is 0.668. The molecule has 0 saturated heterocycles. The van der Waals surface area contributed by atoms with Crippen LogP contribution in [0.4, 0.5) is 34.1 Å². The monoisotopic (exact) mass is 807 g/mol. The highest BCUT2D eigenvalue weighted by molar-refractivity contribution is 6.12. The SMILES string of the molecule is c1ccc(N(c2ccc(N(c3ccc4oc5ccccc5c4c3)c3ccc4c5ccccc5n(-c5ccccc5)c4c3)cc2)c2ccc3cc4oc5ccccc5c4cc3c2)cc1. The summed E-state index contributed by atoms with van der Waals surface area (Å²) in [5.74, 6) is 0. The topological polar surface area (TPSA) is 37.7 Å². The average molecular weight is 808 g/mol. The lowest BCUT2D eigenvalue weighted by Crippen LogP contribution is -2.12. The molecule has 10 aromatic carbocycles. The summed E-state index contributed by atoms with van der Waals surface area (Å²) >= 11 is 0. The highest BCUT2D eigenvalue weighted by atomic mass is 16.3. The van der Waals surface area contributed by atoms with Crippen LogP contribution in [0.25, 0.3) is 82.1 Å². The Bertz CT molecular complexity index is 3860. The molecule has 0 unspecified atom stereocenters. The van der Waals surface area contributed by atoms with Crippen molar-refractivity contribution < 1.29 is 8.83 Å². The van der Waals surface area contributed by atoms with Gasteiger partial charge in [0.2, 0.25) is 0 Å². The van der Waals surface area contributed by atoms with E-state index < -0.39 is 0 Å². The molecule has 5 nitrogen and oxygen atoms in total. The minimum Gasteiger partial charge on any atom is -0.456 e. The first-order chi connectivity index (χ1) is 31.2. The van der Waals surface area contributed by atoms with Gasteiger partial charge in [0.15, 0.2) is 0 Å². The van der Waals surface area contributed by atoms with Crippen LogP contribution in [0.3, 0.4) is 0 Å². The van der Waals surface area contributed by atoms with Crippen molar-refractivity contribution >= 4 is 111 Å². The Labute approximate surface area is 362 Å². The number of fused-ring (bicyclic) bond motifs is 10. The smallest absolute Gasteiger partial charge is 0.136 e. The van der Waals surface area contributed by atoms with Gasteiger partial charge in [-0.25, -0.2) is 0 Å². The minimum absolute atomic E-state index is 0.866. The van der Waals surface area contributed by atoms with Gasteiger partial charge in [-0.15, -0.1) is 0 Å². The van der Waals surface area contributed by atoms with Crippen molar-refractivity contribution in [3.63, 3.8) is 0 Å². The number of aromatic nitrogens is 1. The Balaban J connectivity index is 0.979. The maximum atomic E-state index is 6.31. The summed E-state index contributed by atoms with van der Waals surface area (Å²) in [6.45, 7) is 0. The van der Waals surface area contributed by atoms with E-state index in [1.807, 2.05) is 24.3 Å². The summed E-state index contributed by atoms with van der Waals surface area (Å²) in [5.41, 5.74) is 13.3. The maximum Gasteiger partial charge on any atom is 0.136 e. The molecule has 3 heterocycles. The summed E-state index contributed by atoms with van der Waals surface area (Å²) in [6.07, 6.45) is 0. The van der Waals surface area contributed by atoms with Gasteiger partial charge in [-0.05, 0) is 132 Å². The molecule has 13 aromatic rings. The van der Waals surface area contributed by atoms with Gasteiger partial charge in [-0.2, -0.15) is 0 Å². The minimum atomic E-state index is 0.866. The van der Waals surface area contributed by atoms with Crippen molar-refractivity contribution in [2.75, 3.05) is 9.80 Å². The quantitative estimate of drug-likeness (QED) is 0.161. The van der Waals surface area contributed by atoms with E-state index in [-0.39, 0.29) is 0 Å². The van der Waals surface area contributed by atoms with Crippen LogP contribution in [0.2, 0.25) is 0 Å². The van der Waals surface area contributed by atoms with E-state index in [1.54, 1.807) is 0 Å². The van der Waals surface area contributed by atoms with Crippen LogP contribution < -0.4 is 9.80 Å². The van der Waals surface area contributed by atoms with Gasteiger partial charge in [0.1, 0.15) is 22.3 Å². The Morgan fingerprint density at radius 1 is 0.270 bits per heavy atom. The molecule has 0 saturated carbocycles. The number of anilines is 6. The molecule has 0 fully saturated rings. The standard InChI is InChI=1S/C58H37N3O2/c1-3-13-40(14-4-1)59(44-24-23-38-35-58-51(34-39(38)33-44)49-18-8-12-22-56(49)63-58)42-25-27-43(28-26-42)60(45-30-32-57-52(36-45)50-19-9-11-21-55(50)62-57)46-29-31-48-47-17-7-10-20-53(47)61(54(48)37-46)41-15-5-2-6-16-41/h1-37H. The third-order valence-electron chi connectivity index (χ3n) is 12.5. The molecule has 0 amide bonds. The summed E-state index contributed by atoms with van der Waals surface area (Å²) in [7, 11) is 0. The van der Waals surface area contributed by atoms with E-state index in [9.17, 15) is 0 Å². The van der Waals surface area contributed by atoms with Crippen LogP contribution in [-0.4, -0.2) is 4.57 Å². The highest BCUT2D eigenvalue weighted by Crippen LogP contribution is 2.44. The number of nitrogens with zero attached hydrogens (tertiary/aromatic N) is 3. The molecular formula is C58H37N3O2. The number of furan rings is 2. The summed E-state index contributed by atoms with van der Waals surface area (Å²) in [6, 6.07) is 79.9. The fourth-order valence-electron chi connectivity index (χ4n) is 9.62. The van der Waals surface area contributed by atoms with Crippen molar-refractivity contribution in [3.05, 3.63) is 224 Å². The van der Waals surface area contributed by atoms with E-state index in [2.05, 4.69) is 215 Å². The third-order valence-corrected chi connectivity index (χ3v) is 12.5. The maximum absolute atomic E-state index is 6.31. The molecular weight excluding hydrogens is 771 g/mol. The highest BCUT2D eigenvalue weighted by Gasteiger charge is 2.21. The molecule has 0 radical (unpaired) electrons. The molecule has 296 valence electrons. The number of hydrogen-bond acceptors (Lipinski definition) is 4. The molecule has 0 N–H and O–H groups in total. The second-order valence-corrected chi connectivity index (χ2v) is 16.2. The molecule has 3 aromatic heterocycles. The fourth-order valence-corrected chi connectivity index (χ4v) is 9.62. The van der Waals surface area contributed by atoms with Gasteiger partial charge in [-0.1, -0.05) is 103 Å². The van der Waals surface area contributed by atoms with Crippen LogP contribution >= 0.6 is 0 Å². The van der Waals surface area contributed by atoms with E-state index in [1.165, 1.54) is 16.3 Å². The van der Waals surface area contributed by atoms with Gasteiger partial charge in [-0.3, -0.25) is 0 Å². The molecule has 0 spiro atoms. The van der Waals surface area contributed by atoms with Crippen molar-refractivity contribution in [2.45, 2.75) is 0 Å². The van der Waals surface area contributed by atoms with E-state index in [0.29, 0.717) is 0 Å². The Morgan fingerprint density at radius 3 is 1.51 bits per heavy atom. The van der Waals surface area contributed by atoms with Gasteiger partial charge in [0.25, 0.3) is 0 Å². The predicted molar refractivity (Wildman–Crippen MR) is 262 cm³/mol. The predicted octanol–water partition coefficient (Wildman–Crippen LogP) is 16.7. The normalized spacial score (nSPS) is 11.8. The molecule has 5 heteroatoms. The Morgan fingerprint density at radius 2 is 0.762 bits per heavy atom. The van der Waals surface area contributed by atoms with Crippen molar-refractivity contribution in [2.24, 2.45) is 0 Å². The lowest BCUT2D eigenvalue weighted by atomic mass is 10.0. The molecule has 63 heavy (non-hydrogen) atoms. The molecule has 13 rings (SSSR count). The number of benzene rings is 10. The van der Waals surface area contributed by atoms with Crippen molar-refractivity contribution in [3.8, 4) is 5.69 Å². The summed E-state index contributed by atoms with van der Waals surface area (Å²) < 4.78 is 14.9. The summed E-state index contributed by atoms with van der Waals surface area (Å²) in [5, 5.41) is 9.14. The van der Waals surface area contributed by atoms with E-state index in [4.69, 9.17) is 8.83 Å². The van der Waals surface area contributed by atoms with Crippen LogP contribution in [0, 0.1) is 0 Å². The number of hydrogen-bond donors (Lipinski definition) is 0. The van der Waals surface area contributed by atoms with Crippen molar-refractivity contribution in [1.82, 2.24) is 4.57 Å². The van der Waals surface area contributed by atoms with Crippen molar-refractivity contribution in [1.29, 1.82) is 0 Å². The van der Waals surface area contributed by atoms with Crippen LogP contribution in [0.1, 0.15) is 0 Å². The van der Waals surface area contributed by atoms with Crippen LogP contribution in [-0.2, 0) is 0 Å². The van der Waals surface area contributed by atoms with Crippen LogP contribution in [0.15, 0.2) is 233 Å². The largest absolute Gasteiger partial charge is 0.456 e. The Kier molecular flexibility index (Phi) is 7.84. The second kappa shape index (κ2) is 14.0. The molecule has 0 aliphatic rings. The molecule has 0 atom stereocenters. The Hall–Kier alpha value is -8.54. The molecule has 0 bridgehead atoms. The zero-order valence-electron chi connectivity index (χ0n) is 34.0. The molecule has 0 aliphatic heterocycles. The van der Waals surface area contributed by atoms with E-state index in [0.717, 1.165) is 100.0 Å². The number of para-hydroxylation sites is 5. The zero-order chi connectivity index (χ0) is 41.4. The lowest BCUT2D eigenvalue weighted by Gasteiger charge is -2.28. The first-order valence-electron chi connectivity index (χ1n) is 21.3. The van der Waals surface area contributed by atoms with Crippen LogP contribution in [0.5, 0.6) is 0 Å². The first kappa shape index (κ1) is 35.2. The summed E-state index contributed by atoms with van der Waals surface area (Å²) in [4.78, 5) is 4.69. The first-order valence-corrected chi connectivity index (χ1v) is 21.3. The van der Waals surface area contributed by atoms with Gasteiger partial charge in [0.05, 0.1) is 11.0 Å². The van der Waals surface area contributed by atoms with E-state index >= 15 is 0 Å². The van der Waals surface area contributed by atoms with Gasteiger partial charge < -0.3 is 23.2 Å². The van der Waals surface area contributed by atoms with Gasteiger partial charge in [0, 0.05) is 72.1 Å². The van der Waals surface area contributed by atoms with Gasteiger partial charge >= 0.3 is 0 Å². The third kappa shape index (κ3) is 5.71. The fraction of sp³-hybridized carbons (Fsp3) is 0. The average Bonchev–Trinajstić information content (AvgIpc) is 4.01. The number of rotatable bonds is 7. The second-order valence-electron chi connectivity index (χ2n) is 16.2. The molecule has 0 aliphatic carbocycles. The zero-order valence-corrected chi connectivity index (χ0v) is 34.0.